The van der Waals surface area contributed by atoms with Gasteiger partial charge in [-0.1, -0.05) is 30.3 Å². The molecule has 6 heteroatoms. The van der Waals surface area contributed by atoms with Crippen LogP contribution in [0.4, 0.5) is 5.95 Å². The second kappa shape index (κ2) is 7.19. The number of carbonyl (C=O) groups is 1. The maximum Gasteiger partial charge on any atom is 0.257 e. The van der Waals surface area contributed by atoms with Gasteiger partial charge in [0.15, 0.2) is 0 Å². The normalized spacial score (nSPS) is 17.8. The van der Waals surface area contributed by atoms with Crippen molar-refractivity contribution in [2.45, 2.75) is 13.0 Å². The second-order valence-electron chi connectivity index (χ2n) is 5.49. The van der Waals surface area contributed by atoms with E-state index in [-0.39, 0.29) is 11.9 Å². The van der Waals surface area contributed by atoms with E-state index in [1.54, 1.807) is 12.4 Å². The highest BCUT2D eigenvalue weighted by atomic mass is 16.2. The smallest absolute Gasteiger partial charge is 0.257 e. The number of hydrogen-bond acceptors (Lipinski definition) is 5. The molecule has 0 radical (unpaired) electrons. The van der Waals surface area contributed by atoms with Gasteiger partial charge >= 0.3 is 0 Å². The highest BCUT2D eigenvalue weighted by molar-refractivity contribution is 5.93. The van der Waals surface area contributed by atoms with Gasteiger partial charge in [0.25, 0.3) is 5.91 Å². The van der Waals surface area contributed by atoms with Crippen LogP contribution in [-0.2, 0) is 0 Å². The number of nitrogens with one attached hydrogen (secondary N) is 2. The van der Waals surface area contributed by atoms with Crippen LogP contribution in [0.1, 0.15) is 28.9 Å². The van der Waals surface area contributed by atoms with Crippen LogP contribution in [0, 0.1) is 0 Å². The Labute approximate surface area is 135 Å². The van der Waals surface area contributed by atoms with E-state index < -0.39 is 0 Å². The van der Waals surface area contributed by atoms with Gasteiger partial charge in [0.2, 0.25) is 5.95 Å². The Morgan fingerprint density at radius 3 is 2.74 bits per heavy atom. The van der Waals surface area contributed by atoms with E-state index in [0.717, 1.165) is 13.1 Å². The molecule has 3 rings (SSSR count). The minimum Gasteiger partial charge on any atom is -0.355 e. The van der Waals surface area contributed by atoms with Crippen molar-refractivity contribution in [2.24, 2.45) is 0 Å². The third-order valence-electron chi connectivity index (χ3n) is 3.90. The van der Waals surface area contributed by atoms with Crippen molar-refractivity contribution in [3.8, 4) is 0 Å². The van der Waals surface area contributed by atoms with Crippen LogP contribution in [0.2, 0.25) is 0 Å². The van der Waals surface area contributed by atoms with E-state index in [0.29, 0.717) is 24.6 Å². The van der Waals surface area contributed by atoms with Crippen molar-refractivity contribution >= 4 is 11.9 Å². The minimum absolute atomic E-state index is 0.0181. The lowest BCUT2D eigenvalue weighted by Crippen LogP contribution is -2.48. The fourth-order valence-corrected chi connectivity index (χ4v) is 2.71. The maximum absolute atomic E-state index is 12.6. The van der Waals surface area contributed by atoms with Gasteiger partial charge in [-0.25, -0.2) is 9.97 Å². The fourth-order valence-electron chi connectivity index (χ4n) is 2.71. The second-order valence-corrected chi connectivity index (χ2v) is 5.49. The molecule has 1 saturated heterocycles. The zero-order chi connectivity index (χ0) is 16.1. The van der Waals surface area contributed by atoms with Crippen molar-refractivity contribution in [2.75, 3.05) is 31.5 Å². The third kappa shape index (κ3) is 3.65. The van der Waals surface area contributed by atoms with E-state index in [1.807, 2.05) is 30.0 Å². The number of amides is 1. The fraction of sp³-hybridized carbons (Fsp3) is 0.353. The van der Waals surface area contributed by atoms with Crippen LogP contribution < -0.4 is 10.6 Å². The van der Waals surface area contributed by atoms with Gasteiger partial charge in [0.05, 0.1) is 5.56 Å². The molecule has 0 spiro atoms. The molecule has 2 heterocycles. The molecule has 1 aromatic carbocycles. The predicted octanol–water partition coefficient (Wildman–Crippen LogP) is 1.70. The van der Waals surface area contributed by atoms with Crippen molar-refractivity contribution in [3.05, 3.63) is 53.9 Å². The molecule has 1 fully saturated rings. The van der Waals surface area contributed by atoms with Gasteiger partial charge in [-0.2, -0.15) is 0 Å². The van der Waals surface area contributed by atoms with Gasteiger partial charge in [-0.05, 0) is 12.5 Å². The summed E-state index contributed by atoms with van der Waals surface area (Å²) in [5, 5.41) is 6.49. The summed E-state index contributed by atoms with van der Waals surface area (Å²) in [5.41, 5.74) is 1.73. The predicted molar refractivity (Wildman–Crippen MR) is 89.3 cm³/mol. The Hall–Kier alpha value is -2.47. The highest BCUT2D eigenvalue weighted by Gasteiger charge is 2.25. The summed E-state index contributed by atoms with van der Waals surface area (Å²) in [6.45, 7) is 4.85. The molecule has 1 aliphatic rings. The first-order chi connectivity index (χ1) is 11.3. The Balaban J connectivity index is 1.69. The quantitative estimate of drug-likeness (QED) is 0.899. The van der Waals surface area contributed by atoms with Crippen LogP contribution in [0.25, 0.3) is 0 Å². The number of nitrogens with zero attached hydrogens (tertiary/aromatic N) is 3. The Kier molecular flexibility index (Phi) is 4.83. The van der Waals surface area contributed by atoms with E-state index in [2.05, 4.69) is 32.7 Å². The summed E-state index contributed by atoms with van der Waals surface area (Å²) in [6.07, 6.45) is 3.18. The van der Waals surface area contributed by atoms with Crippen LogP contribution in [0.3, 0.4) is 0 Å². The molecule has 0 bridgehead atoms. The molecule has 0 aliphatic carbocycles. The summed E-state index contributed by atoms with van der Waals surface area (Å²) in [5.74, 6) is 0.530. The minimum atomic E-state index is -0.0181. The van der Waals surface area contributed by atoms with Crippen LogP contribution in [0.15, 0.2) is 42.7 Å². The molecule has 2 N–H and O–H groups in total. The maximum atomic E-state index is 12.6. The Morgan fingerprint density at radius 1 is 1.30 bits per heavy atom. The molecule has 120 valence electrons. The van der Waals surface area contributed by atoms with Crippen LogP contribution in [0.5, 0.6) is 0 Å². The summed E-state index contributed by atoms with van der Waals surface area (Å²) in [7, 11) is 0. The van der Waals surface area contributed by atoms with Gasteiger partial charge < -0.3 is 15.5 Å². The van der Waals surface area contributed by atoms with E-state index in [4.69, 9.17) is 0 Å². The van der Waals surface area contributed by atoms with Crippen molar-refractivity contribution in [1.82, 2.24) is 20.2 Å². The number of hydrogen-bond donors (Lipinski definition) is 2. The highest BCUT2D eigenvalue weighted by Crippen LogP contribution is 2.18. The average Bonchev–Trinajstić information content (AvgIpc) is 2.63. The lowest BCUT2D eigenvalue weighted by molar-refractivity contribution is 0.0702. The Morgan fingerprint density at radius 2 is 2.04 bits per heavy atom. The first kappa shape index (κ1) is 15.4. The summed E-state index contributed by atoms with van der Waals surface area (Å²) in [6, 6.07) is 10.4. The molecule has 23 heavy (non-hydrogen) atoms. The van der Waals surface area contributed by atoms with Crippen molar-refractivity contribution < 1.29 is 4.79 Å². The molecule has 2 aromatic rings. The Bertz CT molecular complexity index is 644. The molecule has 0 unspecified atom stereocenters. The monoisotopic (exact) mass is 311 g/mol. The molecule has 1 amide bonds. The molecule has 0 saturated carbocycles. The number of benzene rings is 1. The van der Waals surface area contributed by atoms with Crippen molar-refractivity contribution in [3.63, 3.8) is 0 Å². The molecule has 1 atom stereocenters. The SMILES string of the molecule is CCNc1ncc(C(=O)N2CCN[C@@H](c3ccccc3)C2)cn1. The van der Waals surface area contributed by atoms with Crippen molar-refractivity contribution in [1.29, 1.82) is 0 Å². The molecule has 1 aliphatic heterocycles. The van der Waals surface area contributed by atoms with E-state index in [9.17, 15) is 4.79 Å². The average molecular weight is 311 g/mol. The van der Waals surface area contributed by atoms with Gasteiger partial charge in [-0.3, -0.25) is 4.79 Å². The topological polar surface area (TPSA) is 70.2 Å². The lowest BCUT2D eigenvalue weighted by atomic mass is 10.0. The summed E-state index contributed by atoms with van der Waals surface area (Å²) >= 11 is 0. The van der Waals surface area contributed by atoms with Crippen LogP contribution in [-0.4, -0.2) is 47.0 Å². The van der Waals surface area contributed by atoms with Gasteiger partial charge in [-0.15, -0.1) is 0 Å². The first-order valence-electron chi connectivity index (χ1n) is 7.91. The lowest BCUT2D eigenvalue weighted by Gasteiger charge is -2.34. The molecular formula is C17H21N5O. The van der Waals surface area contributed by atoms with E-state index >= 15 is 0 Å². The molecule has 1 aromatic heterocycles. The standard InChI is InChI=1S/C17H21N5O/c1-2-18-17-20-10-14(11-21-17)16(23)22-9-8-19-15(12-22)13-6-4-3-5-7-13/h3-7,10-11,15,19H,2,8-9,12H2,1H3,(H,18,20,21)/t15-/m1/s1. The number of rotatable bonds is 4. The number of carbonyl (C=O) groups excluding carboxylic acids is 1. The van der Waals surface area contributed by atoms with Crippen LogP contribution >= 0.6 is 0 Å². The van der Waals surface area contributed by atoms with Gasteiger partial charge in [0, 0.05) is 44.6 Å². The molecule has 6 nitrogen and oxygen atoms in total. The molecular weight excluding hydrogens is 290 g/mol. The van der Waals surface area contributed by atoms with E-state index in [1.165, 1.54) is 5.56 Å². The number of anilines is 1. The zero-order valence-corrected chi connectivity index (χ0v) is 13.2. The number of piperazine rings is 1. The summed E-state index contributed by atoms with van der Waals surface area (Å²) < 4.78 is 0. The first-order valence-corrected chi connectivity index (χ1v) is 7.91. The van der Waals surface area contributed by atoms with Gasteiger partial charge in [0.1, 0.15) is 0 Å². The number of aromatic nitrogens is 2. The largest absolute Gasteiger partial charge is 0.355 e. The summed E-state index contributed by atoms with van der Waals surface area (Å²) in [4.78, 5) is 22.9. The zero-order valence-electron chi connectivity index (χ0n) is 13.2. The third-order valence-corrected chi connectivity index (χ3v) is 3.90.